The van der Waals surface area contributed by atoms with E-state index < -0.39 is 0 Å². The number of ether oxygens (including phenoxy) is 2. The molecular weight excluding hydrogens is 248 g/mol. The summed E-state index contributed by atoms with van der Waals surface area (Å²) in [6.07, 6.45) is 1.68. The second kappa shape index (κ2) is 7.18. The molecule has 0 aliphatic rings. The highest BCUT2D eigenvalue weighted by Gasteiger charge is 2.14. The molecular formula is C15H19ClO2. The number of halogens is 1. The van der Waals surface area contributed by atoms with Crippen molar-refractivity contribution in [2.24, 2.45) is 0 Å². The van der Waals surface area contributed by atoms with Crippen LogP contribution in [0.15, 0.2) is 12.1 Å². The van der Waals surface area contributed by atoms with Crippen molar-refractivity contribution in [1.29, 1.82) is 0 Å². The first kappa shape index (κ1) is 14.7. The second-order valence-corrected chi connectivity index (χ2v) is 4.45. The molecule has 0 radical (unpaired) electrons. The molecule has 0 aromatic heterocycles. The minimum absolute atomic E-state index is 0.274. The Bertz CT molecular complexity index is 458. The topological polar surface area (TPSA) is 18.5 Å². The van der Waals surface area contributed by atoms with Gasteiger partial charge in [0.05, 0.1) is 14.2 Å². The highest BCUT2D eigenvalue weighted by Crippen LogP contribution is 2.37. The van der Waals surface area contributed by atoms with Crippen LogP contribution in [0.5, 0.6) is 11.5 Å². The Morgan fingerprint density at radius 3 is 2.33 bits per heavy atom. The average Bonchev–Trinajstić information content (AvgIpc) is 2.38. The van der Waals surface area contributed by atoms with E-state index >= 15 is 0 Å². The van der Waals surface area contributed by atoms with E-state index in [-0.39, 0.29) is 5.92 Å². The maximum Gasteiger partial charge on any atom is 0.162 e. The van der Waals surface area contributed by atoms with Gasteiger partial charge in [0, 0.05) is 23.9 Å². The number of rotatable bonds is 4. The van der Waals surface area contributed by atoms with Gasteiger partial charge in [0.25, 0.3) is 0 Å². The monoisotopic (exact) mass is 266 g/mol. The third kappa shape index (κ3) is 3.58. The molecule has 98 valence electrons. The quantitative estimate of drug-likeness (QED) is 0.758. The fourth-order valence-electron chi connectivity index (χ4n) is 1.71. The molecule has 0 saturated carbocycles. The summed E-state index contributed by atoms with van der Waals surface area (Å²) in [6, 6.07) is 3.72. The van der Waals surface area contributed by atoms with Crippen molar-refractivity contribution >= 4 is 11.6 Å². The zero-order chi connectivity index (χ0) is 13.5. The summed E-state index contributed by atoms with van der Waals surface area (Å²) in [7, 11) is 3.22. The fraction of sp³-hybridized carbons (Fsp3) is 0.467. The van der Waals surface area contributed by atoms with E-state index in [0.29, 0.717) is 16.5 Å². The van der Waals surface area contributed by atoms with Gasteiger partial charge in [-0.05, 0) is 17.5 Å². The van der Waals surface area contributed by atoms with Gasteiger partial charge in [-0.1, -0.05) is 25.4 Å². The van der Waals surface area contributed by atoms with E-state index in [9.17, 15) is 0 Å². The Morgan fingerprint density at radius 2 is 1.78 bits per heavy atom. The van der Waals surface area contributed by atoms with Crippen LogP contribution in [0.2, 0.25) is 5.02 Å². The molecule has 2 nitrogen and oxygen atoms in total. The van der Waals surface area contributed by atoms with Gasteiger partial charge in [0.1, 0.15) is 0 Å². The van der Waals surface area contributed by atoms with Gasteiger partial charge in [0.2, 0.25) is 0 Å². The summed E-state index contributed by atoms with van der Waals surface area (Å²) >= 11 is 6.26. The highest BCUT2D eigenvalue weighted by atomic mass is 35.5. The van der Waals surface area contributed by atoms with Gasteiger partial charge >= 0.3 is 0 Å². The normalized spacial score (nSPS) is 11.4. The summed E-state index contributed by atoms with van der Waals surface area (Å²) < 4.78 is 10.5. The van der Waals surface area contributed by atoms with Crippen molar-refractivity contribution < 1.29 is 9.47 Å². The molecule has 0 saturated heterocycles. The van der Waals surface area contributed by atoms with Gasteiger partial charge in [-0.15, -0.1) is 11.8 Å². The molecule has 1 unspecified atom stereocenters. The van der Waals surface area contributed by atoms with Gasteiger partial charge < -0.3 is 9.47 Å². The highest BCUT2D eigenvalue weighted by molar-refractivity contribution is 6.31. The van der Waals surface area contributed by atoms with Crippen molar-refractivity contribution in [3.8, 4) is 23.3 Å². The molecule has 1 rings (SSSR count). The van der Waals surface area contributed by atoms with E-state index in [2.05, 4.69) is 18.8 Å². The van der Waals surface area contributed by atoms with Crippen LogP contribution in [0.3, 0.4) is 0 Å². The lowest BCUT2D eigenvalue weighted by atomic mass is 9.97. The molecule has 0 bridgehead atoms. The molecule has 3 heteroatoms. The first-order valence-electron chi connectivity index (χ1n) is 6.01. The third-order valence-corrected chi connectivity index (χ3v) is 3.07. The van der Waals surface area contributed by atoms with Gasteiger partial charge in [-0.3, -0.25) is 0 Å². The summed E-state index contributed by atoms with van der Waals surface area (Å²) in [6.45, 7) is 4.15. The van der Waals surface area contributed by atoms with Gasteiger partial charge in [0.15, 0.2) is 11.5 Å². The van der Waals surface area contributed by atoms with E-state index in [1.165, 1.54) is 0 Å². The largest absolute Gasteiger partial charge is 0.493 e. The molecule has 0 spiro atoms. The lowest BCUT2D eigenvalue weighted by molar-refractivity contribution is 0.354. The minimum Gasteiger partial charge on any atom is -0.493 e. The maximum absolute atomic E-state index is 6.26. The van der Waals surface area contributed by atoms with Crippen LogP contribution in [0, 0.1) is 11.8 Å². The van der Waals surface area contributed by atoms with Crippen LogP contribution < -0.4 is 9.47 Å². The zero-order valence-electron chi connectivity index (χ0n) is 11.3. The number of hydrogen-bond acceptors (Lipinski definition) is 2. The van der Waals surface area contributed by atoms with Crippen LogP contribution in [0.4, 0.5) is 0 Å². The molecule has 0 N–H and O–H groups in total. The smallest absolute Gasteiger partial charge is 0.162 e. The predicted molar refractivity (Wildman–Crippen MR) is 75.7 cm³/mol. The van der Waals surface area contributed by atoms with E-state index in [4.69, 9.17) is 21.1 Å². The summed E-state index contributed by atoms with van der Waals surface area (Å²) in [4.78, 5) is 0. The van der Waals surface area contributed by atoms with Crippen molar-refractivity contribution in [3.05, 3.63) is 22.7 Å². The fourth-order valence-corrected chi connectivity index (χ4v) is 2.05. The molecule has 1 aromatic carbocycles. The maximum atomic E-state index is 6.26. The molecule has 1 aromatic rings. The Hall–Kier alpha value is -1.33. The number of hydrogen-bond donors (Lipinski definition) is 0. The Balaban J connectivity index is 3.01. The molecule has 0 aliphatic carbocycles. The van der Waals surface area contributed by atoms with Crippen molar-refractivity contribution in [2.45, 2.75) is 32.6 Å². The molecule has 0 fully saturated rings. The summed E-state index contributed by atoms with van der Waals surface area (Å²) in [5, 5.41) is 0.693. The lowest BCUT2D eigenvalue weighted by Gasteiger charge is -2.15. The minimum atomic E-state index is 0.274. The predicted octanol–water partition coefficient (Wildman–Crippen LogP) is 4.26. The van der Waals surface area contributed by atoms with Crippen LogP contribution >= 0.6 is 11.6 Å². The standard InChI is InChI=1S/C15H19ClO2/c1-5-6-7-8-11(2)12-9-14(17-3)15(18-4)10-13(12)16/h9-11H,5,8H2,1-4H3. The van der Waals surface area contributed by atoms with Crippen LogP contribution in [-0.4, -0.2) is 14.2 Å². The van der Waals surface area contributed by atoms with Crippen molar-refractivity contribution in [1.82, 2.24) is 0 Å². The van der Waals surface area contributed by atoms with E-state index in [1.54, 1.807) is 20.3 Å². The van der Waals surface area contributed by atoms with Crippen LogP contribution in [0.25, 0.3) is 0 Å². The third-order valence-electron chi connectivity index (χ3n) is 2.74. The van der Waals surface area contributed by atoms with Crippen LogP contribution in [0.1, 0.15) is 38.2 Å². The SMILES string of the molecule is CCC#CCC(C)c1cc(OC)c(OC)cc1Cl. The van der Waals surface area contributed by atoms with Gasteiger partial charge in [-0.25, -0.2) is 0 Å². The number of methoxy groups -OCH3 is 2. The summed E-state index contributed by atoms with van der Waals surface area (Å²) in [5.41, 5.74) is 1.04. The Labute approximate surface area is 114 Å². The molecule has 1 atom stereocenters. The Kier molecular flexibility index (Phi) is 5.88. The second-order valence-electron chi connectivity index (χ2n) is 4.04. The zero-order valence-corrected chi connectivity index (χ0v) is 12.1. The summed E-state index contributed by atoms with van der Waals surface area (Å²) in [5.74, 6) is 7.84. The molecule has 18 heavy (non-hydrogen) atoms. The molecule has 0 aliphatic heterocycles. The first-order valence-corrected chi connectivity index (χ1v) is 6.38. The van der Waals surface area contributed by atoms with Crippen molar-refractivity contribution in [2.75, 3.05) is 14.2 Å². The average molecular weight is 267 g/mol. The van der Waals surface area contributed by atoms with Crippen molar-refractivity contribution in [3.63, 3.8) is 0 Å². The molecule has 0 amide bonds. The number of benzene rings is 1. The first-order chi connectivity index (χ1) is 8.63. The lowest BCUT2D eigenvalue weighted by Crippen LogP contribution is -1.97. The van der Waals surface area contributed by atoms with E-state index in [0.717, 1.165) is 18.4 Å². The molecule has 0 heterocycles. The Morgan fingerprint density at radius 1 is 1.17 bits per heavy atom. The van der Waals surface area contributed by atoms with Gasteiger partial charge in [-0.2, -0.15) is 0 Å². The van der Waals surface area contributed by atoms with Crippen LogP contribution in [-0.2, 0) is 0 Å². The van der Waals surface area contributed by atoms with E-state index in [1.807, 2.05) is 13.0 Å².